The lowest BCUT2D eigenvalue weighted by Crippen LogP contribution is -2.41. The lowest BCUT2D eigenvalue weighted by Gasteiger charge is -2.34. The first-order valence-corrected chi connectivity index (χ1v) is 9.54. The molecule has 0 spiro atoms. The van der Waals surface area contributed by atoms with Crippen LogP contribution in [-0.2, 0) is 38.1 Å². The van der Waals surface area contributed by atoms with Crippen molar-refractivity contribution in [3.63, 3.8) is 0 Å². The van der Waals surface area contributed by atoms with Gasteiger partial charge in [-0.05, 0) is 19.1 Å². The van der Waals surface area contributed by atoms with E-state index in [0.29, 0.717) is 6.42 Å². The molecule has 1 aromatic carbocycles. The smallest absolute Gasteiger partial charge is 0.373 e. The number of hydrogen-bond acceptors (Lipinski definition) is 8. The van der Waals surface area contributed by atoms with Crippen LogP contribution in [0.4, 0.5) is 4.39 Å². The van der Waals surface area contributed by atoms with Crippen LogP contribution in [0, 0.1) is 5.82 Å². The van der Waals surface area contributed by atoms with Crippen molar-refractivity contribution in [1.82, 2.24) is 0 Å². The van der Waals surface area contributed by atoms with Crippen molar-refractivity contribution < 1.29 is 42.5 Å². The summed E-state index contributed by atoms with van der Waals surface area (Å²) in [5, 5.41) is 0. The molecule has 0 aromatic heterocycles. The maximum absolute atomic E-state index is 14.0. The summed E-state index contributed by atoms with van der Waals surface area (Å²) >= 11 is 0. The van der Waals surface area contributed by atoms with Gasteiger partial charge in [-0.1, -0.05) is 18.2 Å². The molecule has 0 saturated carbocycles. The van der Waals surface area contributed by atoms with Crippen LogP contribution in [0.3, 0.4) is 0 Å². The Hall–Kier alpha value is -2.94. The second-order valence-electron chi connectivity index (χ2n) is 6.56. The summed E-state index contributed by atoms with van der Waals surface area (Å²) in [6.45, 7) is 4.18. The molecule has 0 aliphatic carbocycles. The first kappa shape index (κ1) is 23.3. The molecule has 3 unspecified atom stereocenters. The van der Waals surface area contributed by atoms with Crippen LogP contribution in [0.5, 0.6) is 0 Å². The Morgan fingerprint density at radius 2 is 1.83 bits per heavy atom. The molecule has 0 radical (unpaired) electrons. The second-order valence-corrected chi connectivity index (χ2v) is 6.56. The van der Waals surface area contributed by atoms with Gasteiger partial charge in [0.25, 0.3) is 0 Å². The fraction of sp³-hybridized carbons (Fsp3) is 0.476. The number of esters is 3. The number of halogens is 1. The SMILES string of the molecule is CCOC(=O)/C(=C/c1ccccc1F)OC1CC(OC(C)=O)CC(COC(C)=O)O1. The average Bonchev–Trinajstić information content (AvgIpc) is 2.67. The highest BCUT2D eigenvalue weighted by atomic mass is 19.1. The van der Waals surface area contributed by atoms with Gasteiger partial charge in [-0.15, -0.1) is 0 Å². The molecular formula is C21H25FO8. The summed E-state index contributed by atoms with van der Waals surface area (Å²) in [4.78, 5) is 34.8. The van der Waals surface area contributed by atoms with Crippen molar-refractivity contribution in [1.29, 1.82) is 0 Å². The summed E-state index contributed by atoms with van der Waals surface area (Å²) in [6, 6.07) is 5.86. The van der Waals surface area contributed by atoms with Crippen LogP contribution < -0.4 is 0 Å². The number of carbonyl (C=O) groups is 3. The fourth-order valence-electron chi connectivity index (χ4n) is 2.87. The van der Waals surface area contributed by atoms with E-state index in [1.807, 2.05) is 0 Å². The number of carbonyl (C=O) groups excluding carboxylic acids is 3. The molecule has 30 heavy (non-hydrogen) atoms. The van der Waals surface area contributed by atoms with Crippen molar-refractivity contribution in [3.05, 3.63) is 41.4 Å². The second kappa shape index (κ2) is 11.3. The molecule has 1 fully saturated rings. The molecule has 9 heteroatoms. The average molecular weight is 424 g/mol. The third-order valence-corrected chi connectivity index (χ3v) is 4.06. The van der Waals surface area contributed by atoms with E-state index in [1.54, 1.807) is 13.0 Å². The Balaban J connectivity index is 2.22. The van der Waals surface area contributed by atoms with Crippen LogP contribution in [0.25, 0.3) is 6.08 Å². The minimum Gasteiger partial charge on any atom is -0.463 e. The molecule has 1 aliphatic rings. The number of ether oxygens (including phenoxy) is 5. The van der Waals surface area contributed by atoms with Crippen molar-refractivity contribution in [2.75, 3.05) is 13.2 Å². The van der Waals surface area contributed by atoms with Crippen molar-refractivity contribution in [3.8, 4) is 0 Å². The zero-order chi connectivity index (χ0) is 22.1. The van der Waals surface area contributed by atoms with Crippen molar-refractivity contribution >= 4 is 24.0 Å². The Morgan fingerprint density at radius 1 is 1.10 bits per heavy atom. The number of rotatable bonds is 8. The molecule has 164 valence electrons. The predicted octanol–water partition coefficient (Wildman–Crippen LogP) is 2.75. The molecule has 0 bridgehead atoms. The third kappa shape index (κ3) is 7.47. The van der Waals surface area contributed by atoms with Crippen LogP contribution in [0.15, 0.2) is 30.0 Å². The van der Waals surface area contributed by atoms with E-state index in [1.165, 1.54) is 38.1 Å². The first-order chi connectivity index (χ1) is 14.3. The predicted molar refractivity (Wildman–Crippen MR) is 102 cm³/mol. The third-order valence-electron chi connectivity index (χ3n) is 4.06. The number of hydrogen-bond donors (Lipinski definition) is 0. The van der Waals surface area contributed by atoms with Crippen LogP contribution >= 0.6 is 0 Å². The van der Waals surface area contributed by atoms with Crippen LogP contribution in [0.2, 0.25) is 0 Å². The molecule has 1 saturated heterocycles. The minimum atomic E-state index is -1.01. The van der Waals surface area contributed by atoms with E-state index in [-0.39, 0.29) is 31.0 Å². The van der Waals surface area contributed by atoms with E-state index < -0.39 is 42.2 Å². The monoisotopic (exact) mass is 424 g/mol. The van der Waals surface area contributed by atoms with E-state index >= 15 is 0 Å². The number of benzene rings is 1. The van der Waals surface area contributed by atoms with Crippen molar-refractivity contribution in [2.24, 2.45) is 0 Å². The molecule has 0 N–H and O–H groups in total. The molecule has 0 amide bonds. The van der Waals surface area contributed by atoms with Gasteiger partial charge in [0.2, 0.25) is 12.0 Å². The lowest BCUT2D eigenvalue weighted by atomic mass is 10.1. The lowest BCUT2D eigenvalue weighted by molar-refractivity contribution is -0.218. The highest BCUT2D eigenvalue weighted by molar-refractivity contribution is 5.91. The zero-order valence-corrected chi connectivity index (χ0v) is 17.1. The van der Waals surface area contributed by atoms with Crippen LogP contribution in [0.1, 0.15) is 39.2 Å². The summed E-state index contributed by atoms with van der Waals surface area (Å²) < 4.78 is 40.7. The standard InChI is InChI=1S/C21H25FO8/c1-4-26-21(25)19(9-15-7-5-6-8-18(15)22)30-20-11-16(28-14(3)24)10-17(29-20)12-27-13(2)23/h5-9,16-17,20H,4,10-12H2,1-3H3/b19-9-. The zero-order valence-electron chi connectivity index (χ0n) is 17.1. The highest BCUT2D eigenvalue weighted by Gasteiger charge is 2.34. The topological polar surface area (TPSA) is 97.4 Å². The van der Waals surface area contributed by atoms with E-state index in [4.69, 9.17) is 23.7 Å². The van der Waals surface area contributed by atoms with Gasteiger partial charge in [-0.3, -0.25) is 9.59 Å². The Morgan fingerprint density at radius 3 is 2.47 bits per heavy atom. The Kier molecular flexibility index (Phi) is 8.79. The summed E-state index contributed by atoms with van der Waals surface area (Å²) in [5.41, 5.74) is 0.129. The fourth-order valence-corrected chi connectivity index (χ4v) is 2.87. The van der Waals surface area contributed by atoms with Gasteiger partial charge < -0.3 is 23.7 Å². The van der Waals surface area contributed by atoms with Gasteiger partial charge in [0.05, 0.1) is 12.7 Å². The summed E-state index contributed by atoms with van der Waals surface area (Å²) in [5.74, 6) is -2.58. The molecule has 8 nitrogen and oxygen atoms in total. The first-order valence-electron chi connectivity index (χ1n) is 9.54. The molecule has 1 heterocycles. The van der Waals surface area contributed by atoms with Gasteiger partial charge >= 0.3 is 17.9 Å². The summed E-state index contributed by atoms with van der Waals surface area (Å²) in [6.07, 6.45) is -0.561. The van der Waals surface area contributed by atoms with Gasteiger partial charge in [0, 0.05) is 32.3 Å². The van der Waals surface area contributed by atoms with E-state index in [0.717, 1.165) is 0 Å². The molecule has 1 aromatic rings. The van der Waals surface area contributed by atoms with Crippen LogP contribution in [-0.4, -0.2) is 49.6 Å². The Bertz CT molecular complexity index is 791. The maximum Gasteiger partial charge on any atom is 0.373 e. The quantitative estimate of drug-likeness (QED) is 0.272. The molecular weight excluding hydrogens is 399 g/mol. The maximum atomic E-state index is 14.0. The van der Waals surface area contributed by atoms with E-state index in [9.17, 15) is 18.8 Å². The van der Waals surface area contributed by atoms with Gasteiger partial charge in [0.1, 0.15) is 18.5 Å². The van der Waals surface area contributed by atoms with Gasteiger partial charge in [0.15, 0.2) is 0 Å². The van der Waals surface area contributed by atoms with Crippen molar-refractivity contribution in [2.45, 2.75) is 52.1 Å². The molecule has 2 rings (SSSR count). The minimum absolute atomic E-state index is 0.0707. The summed E-state index contributed by atoms with van der Waals surface area (Å²) in [7, 11) is 0. The van der Waals surface area contributed by atoms with Gasteiger partial charge in [-0.25, -0.2) is 9.18 Å². The highest BCUT2D eigenvalue weighted by Crippen LogP contribution is 2.26. The molecule has 3 atom stereocenters. The Labute approximate surface area is 173 Å². The normalized spacial score (nSPS) is 21.5. The van der Waals surface area contributed by atoms with E-state index in [2.05, 4.69) is 0 Å². The largest absolute Gasteiger partial charge is 0.463 e. The molecule has 1 aliphatic heterocycles. The van der Waals surface area contributed by atoms with Gasteiger partial charge in [-0.2, -0.15) is 0 Å².